The van der Waals surface area contributed by atoms with Crippen molar-refractivity contribution in [2.24, 2.45) is 0 Å². The zero-order chi connectivity index (χ0) is 12.5. The molecule has 1 heterocycles. The van der Waals surface area contributed by atoms with Crippen LogP contribution in [0.3, 0.4) is 0 Å². The van der Waals surface area contributed by atoms with Crippen molar-refractivity contribution in [2.45, 2.75) is 25.7 Å². The van der Waals surface area contributed by atoms with Gasteiger partial charge in [-0.05, 0) is 37.0 Å². The highest BCUT2D eigenvalue weighted by atomic mass is 35.5. The molecule has 1 aliphatic carbocycles. The normalized spacial score (nSPS) is 13.6. The van der Waals surface area contributed by atoms with Crippen LogP contribution in [0.1, 0.15) is 29.1 Å². The van der Waals surface area contributed by atoms with E-state index in [1.165, 1.54) is 0 Å². The Balaban J connectivity index is 1.94. The molecule has 1 aromatic carbocycles. The fourth-order valence-corrected chi connectivity index (χ4v) is 2.63. The van der Waals surface area contributed by atoms with Crippen LogP contribution < -0.4 is 5.56 Å². The van der Waals surface area contributed by atoms with Crippen molar-refractivity contribution in [3.63, 3.8) is 0 Å². The minimum atomic E-state index is 0.0227. The van der Waals surface area contributed by atoms with E-state index < -0.39 is 0 Å². The molecule has 0 aliphatic heterocycles. The molecule has 0 unspecified atom stereocenters. The van der Waals surface area contributed by atoms with Crippen molar-refractivity contribution in [3.05, 3.63) is 62.3 Å². The van der Waals surface area contributed by atoms with Gasteiger partial charge in [-0.1, -0.05) is 23.7 Å². The van der Waals surface area contributed by atoms with E-state index >= 15 is 0 Å². The molecule has 0 saturated carbocycles. The number of benzene rings is 1. The van der Waals surface area contributed by atoms with Gasteiger partial charge in [0.2, 0.25) is 0 Å². The van der Waals surface area contributed by atoms with Gasteiger partial charge in [0.15, 0.2) is 0 Å². The molecule has 1 N–H and O–H groups in total. The molecule has 18 heavy (non-hydrogen) atoms. The Morgan fingerprint density at radius 1 is 1.33 bits per heavy atom. The summed E-state index contributed by atoms with van der Waals surface area (Å²) in [4.78, 5) is 19.3. The summed E-state index contributed by atoms with van der Waals surface area (Å²) in [5, 5.41) is 0.705. The van der Waals surface area contributed by atoms with Gasteiger partial charge >= 0.3 is 0 Å². The molecule has 1 aliphatic rings. The number of aryl methyl sites for hydroxylation is 1. The van der Waals surface area contributed by atoms with Crippen molar-refractivity contribution in [3.8, 4) is 0 Å². The number of H-pyrrole nitrogens is 1. The van der Waals surface area contributed by atoms with Crippen molar-refractivity contribution < 1.29 is 0 Å². The first-order chi connectivity index (χ1) is 8.72. The fraction of sp³-hybridized carbons (Fsp3) is 0.286. The number of aromatic nitrogens is 2. The summed E-state index contributed by atoms with van der Waals surface area (Å²) in [7, 11) is 0. The van der Waals surface area contributed by atoms with Crippen molar-refractivity contribution in [1.29, 1.82) is 0 Å². The lowest BCUT2D eigenvalue weighted by Gasteiger charge is -2.04. The number of nitrogens with one attached hydrogen (secondary N) is 1. The smallest absolute Gasteiger partial charge is 0.254 e. The van der Waals surface area contributed by atoms with Crippen molar-refractivity contribution >= 4 is 11.6 Å². The minimum absolute atomic E-state index is 0.0227. The Hall–Kier alpha value is -1.61. The summed E-state index contributed by atoms with van der Waals surface area (Å²) in [5.41, 5.74) is 2.92. The number of nitrogens with zero attached hydrogens (tertiary/aromatic N) is 1. The average molecular weight is 261 g/mol. The molecule has 3 nitrogen and oxygen atoms in total. The molecule has 0 radical (unpaired) electrons. The van der Waals surface area contributed by atoms with E-state index in [9.17, 15) is 4.79 Å². The topological polar surface area (TPSA) is 45.8 Å². The lowest BCUT2D eigenvalue weighted by atomic mass is 10.1. The molecule has 2 aromatic rings. The predicted octanol–water partition coefficient (Wildman–Crippen LogP) is 2.50. The third-order valence-corrected chi connectivity index (χ3v) is 3.49. The fourth-order valence-electron chi connectivity index (χ4n) is 2.42. The van der Waals surface area contributed by atoms with Crippen LogP contribution in [-0.2, 0) is 19.3 Å². The van der Waals surface area contributed by atoms with Crippen LogP contribution in [0.15, 0.2) is 29.1 Å². The van der Waals surface area contributed by atoms with E-state index in [2.05, 4.69) is 9.97 Å². The second kappa shape index (κ2) is 4.58. The molecule has 0 fully saturated rings. The average Bonchev–Trinajstić information content (AvgIpc) is 2.77. The number of rotatable bonds is 2. The van der Waals surface area contributed by atoms with Crippen molar-refractivity contribution in [1.82, 2.24) is 9.97 Å². The lowest BCUT2D eigenvalue weighted by Crippen LogP contribution is -2.17. The minimum Gasteiger partial charge on any atom is -0.310 e. The second-order valence-electron chi connectivity index (χ2n) is 4.60. The van der Waals surface area contributed by atoms with Crippen LogP contribution in [-0.4, -0.2) is 9.97 Å². The number of aromatic amines is 1. The van der Waals surface area contributed by atoms with Crippen LogP contribution in [0, 0.1) is 0 Å². The zero-order valence-corrected chi connectivity index (χ0v) is 10.6. The van der Waals surface area contributed by atoms with Crippen LogP contribution >= 0.6 is 11.6 Å². The summed E-state index contributed by atoms with van der Waals surface area (Å²) in [5.74, 6) is 0.725. The number of hydrogen-bond acceptors (Lipinski definition) is 2. The number of fused-ring (bicyclic) bond motifs is 1. The van der Waals surface area contributed by atoms with Gasteiger partial charge in [-0.25, -0.2) is 4.98 Å². The first-order valence-corrected chi connectivity index (χ1v) is 6.45. The molecule has 0 bridgehead atoms. The Morgan fingerprint density at radius 2 is 2.22 bits per heavy atom. The van der Waals surface area contributed by atoms with E-state index in [0.717, 1.165) is 41.9 Å². The maximum Gasteiger partial charge on any atom is 0.254 e. The largest absolute Gasteiger partial charge is 0.310 e. The summed E-state index contributed by atoms with van der Waals surface area (Å²) in [6, 6.07) is 7.63. The number of hydrogen-bond donors (Lipinski definition) is 1. The van der Waals surface area contributed by atoms with E-state index in [1.54, 1.807) is 0 Å². The monoisotopic (exact) mass is 260 g/mol. The summed E-state index contributed by atoms with van der Waals surface area (Å²) < 4.78 is 0. The maximum absolute atomic E-state index is 11.9. The summed E-state index contributed by atoms with van der Waals surface area (Å²) in [6.45, 7) is 0. The Kier molecular flexibility index (Phi) is 2.92. The van der Waals surface area contributed by atoms with E-state index in [1.807, 2.05) is 24.3 Å². The van der Waals surface area contributed by atoms with Gasteiger partial charge in [-0.3, -0.25) is 4.79 Å². The van der Waals surface area contributed by atoms with Crippen LogP contribution in [0.25, 0.3) is 0 Å². The highest BCUT2D eigenvalue weighted by Gasteiger charge is 2.16. The molecule has 3 rings (SSSR count). The van der Waals surface area contributed by atoms with E-state index in [4.69, 9.17) is 11.6 Å². The first-order valence-electron chi connectivity index (χ1n) is 6.08. The molecular weight excluding hydrogens is 248 g/mol. The maximum atomic E-state index is 11.9. The van der Waals surface area contributed by atoms with Gasteiger partial charge in [-0.15, -0.1) is 0 Å². The van der Waals surface area contributed by atoms with Gasteiger partial charge in [0.1, 0.15) is 5.82 Å². The Bertz CT molecular complexity index is 648. The predicted molar refractivity (Wildman–Crippen MR) is 71.1 cm³/mol. The SMILES string of the molecule is O=c1[nH]c(Cc2cccc(Cl)c2)nc2c1CCC2. The third kappa shape index (κ3) is 2.18. The quantitative estimate of drug-likeness (QED) is 0.902. The standard InChI is InChI=1S/C14H13ClN2O/c15-10-4-1-3-9(7-10)8-13-16-12-6-2-5-11(12)14(18)17-13/h1,3-4,7H,2,5-6,8H2,(H,16,17,18). The summed E-state index contributed by atoms with van der Waals surface area (Å²) >= 11 is 5.94. The number of halogens is 1. The van der Waals surface area contributed by atoms with Gasteiger partial charge in [-0.2, -0.15) is 0 Å². The lowest BCUT2D eigenvalue weighted by molar-refractivity contribution is 0.883. The zero-order valence-electron chi connectivity index (χ0n) is 9.87. The van der Waals surface area contributed by atoms with E-state index in [0.29, 0.717) is 11.4 Å². The molecule has 1 aromatic heterocycles. The van der Waals surface area contributed by atoms with Gasteiger partial charge in [0.05, 0.1) is 5.69 Å². The van der Waals surface area contributed by atoms with Crippen LogP contribution in [0.5, 0.6) is 0 Å². The Morgan fingerprint density at radius 3 is 3.06 bits per heavy atom. The molecule has 0 atom stereocenters. The molecule has 0 saturated heterocycles. The third-order valence-electron chi connectivity index (χ3n) is 3.25. The van der Waals surface area contributed by atoms with Gasteiger partial charge in [0, 0.05) is 17.0 Å². The van der Waals surface area contributed by atoms with E-state index in [-0.39, 0.29) is 5.56 Å². The highest BCUT2D eigenvalue weighted by Crippen LogP contribution is 2.17. The van der Waals surface area contributed by atoms with Crippen molar-refractivity contribution in [2.75, 3.05) is 0 Å². The van der Waals surface area contributed by atoms with Crippen LogP contribution in [0.4, 0.5) is 0 Å². The molecular formula is C14H13ClN2O. The Labute approximate surface area is 110 Å². The molecule has 0 amide bonds. The second-order valence-corrected chi connectivity index (χ2v) is 5.03. The van der Waals surface area contributed by atoms with Gasteiger partial charge in [0.25, 0.3) is 5.56 Å². The van der Waals surface area contributed by atoms with Crippen LogP contribution in [0.2, 0.25) is 5.02 Å². The highest BCUT2D eigenvalue weighted by molar-refractivity contribution is 6.30. The van der Waals surface area contributed by atoms with Gasteiger partial charge < -0.3 is 4.98 Å². The molecule has 0 spiro atoms. The first kappa shape index (κ1) is 11.5. The summed E-state index contributed by atoms with van der Waals surface area (Å²) in [6.07, 6.45) is 3.42. The molecule has 92 valence electrons. The molecule has 4 heteroatoms.